The van der Waals surface area contributed by atoms with E-state index in [-0.39, 0.29) is 0 Å². The molecule has 0 rings (SSSR count). The van der Waals surface area contributed by atoms with Crippen molar-refractivity contribution in [2.45, 2.75) is 19.2 Å². The Morgan fingerprint density at radius 1 is 1.80 bits per heavy atom. The van der Waals surface area contributed by atoms with Gasteiger partial charge in [0.25, 0.3) is 0 Å². The standard InChI is InChI=1S/C5H8F2O3/c1-3(7)4(2-6)10-5(8)9/h3-4H,2H2,1H3,(H,8,9). The highest BCUT2D eigenvalue weighted by molar-refractivity contribution is 5.57. The summed E-state index contributed by atoms with van der Waals surface area (Å²) in [5, 5.41) is 7.91. The molecule has 0 aromatic heterocycles. The Morgan fingerprint density at radius 2 is 2.30 bits per heavy atom. The first kappa shape index (κ1) is 9.13. The van der Waals surface area contributed by atoms with E-state index in [1.165, 1.54) is 0 Å². The minimum Gasteiger partial charge on any atom is -0.450 e. The average Bonchev–Trinajstić information content (AvgIpc) is 1.81. The zero-order valence-electron chi connectivity index (χ0n) is 5.38. The maximum atomic E-state index is 12.1. The van der Waals surface area contributed by atoms with Crippen LogP contribution in [0, 0.1) is 0 Å². The summed E-state index contributed by atoms with van der Waals surface area (Å²) in [4.78, 5) is 9.72. The molecule has 0 saturated carbocycles. The molecule has 0 fully saturated rings. The first-order valence-electron chi connectivity index (χ1n) is 2.67. The van der Waals surface area contributed by atoms with Gasteiger partial charge in [-0.05, 0) is 6.92 Å². The minimum atomic E-state index is -1.66. The second-order valence-corrected chi connectivity index (χ2v) is 1.75. The average molecular weight is 154 g/mol. The van der Waals surface area contributed by atoms with E-state index in [4.69, 9.17) is 5.11 Å². The van der Waals surface area contributed by atoms with Gasteiger partial charge in [0, 0.05) is 0 Å². The van der Waals surface area contributed by atoms with Crippen LogP contribution < -0.4 is 0 Å². The predicted molar refractivity (Wildman–Crippen MR) is 29.4 cm³/mol. The van der Waals surface area contributed by atoms with Gasteiger partial charge in [-0.25, -0.2) is 13.6 Å². The molecule has 0 amide bonds. The minimum absolute atomic E-state index is 1.03. The monoisotopic (exact) mass is 154 g/mol. The van der Waals surface area contributed by atoms with Gasteiger partial charge in [0.05, 0.1) is 0 Å². The number of rotatable bonds is 3. The van der Waals surface area contributed by atoms with Crippen LogP contribution in [0.15, 0.2) is 0 Å². The van der Waals surface area contributed by atoms with Gasteiger partial charge in [-0.15, -0.1) is 0 Å². The van der Waals surface area contributed by atoms with Crippen LogP contribution in [0.1, 0.15) is 6.92 Å². The molecule has 0 saturated heterocycles. The third kappa shape index (κ3) is 3.21. The lowest BCUT2D eigenvalue weighted by Crippen LogP contribution is -2.27. The molecule has 0 radical (unpaired) electrons. The molecule has 0 aliphatic carbocycles. The molecule has 10 heavy (non-hydrogen) atoms. The van der Waals surface area contributed by atoms with Crippen molar-refractivity contribution in [3.63, 3.8) is 0 Å². The van der Waals surface area contributed by atoms with Gasteiger partial charge in [0.1, 0.15) is 12.8 Å². The van der Waals surface area contributed by atoms with E-state index in [1.807, 2.05) is 0 Å². The molecule has 0 aromatic rings. The van der Waals surface area contributed by atoms with Crippen molar-refractivity contribution in [2.24, 2.45) is 0 Å². The summed E-state index contributed by atoms with van der Waals surface area (Å²) in [5.74, 6) is 0. The van der Waals surface area contributed by atoms with Crippen molar-refractivity contribution in [2.75, 3.05) is 6.67 Å². The van der Waals surface area contributed by atoms with Crippen LogP contribution in [-0.2, 0) is 4.74 Å². The molecule has 3 nitrogen and oxygen atoms in total. The zero-order valence-corrected chi connectivity index (χ0v) is 5.38. The first-order valence-corrected chi connectivity index (χ1v) is 2.67. The van der Waals surface area contributed by atoms with Crippen molar-refractivity contribution in [1.82, 2.24) is 0 Å². The summed E-state index contributed by atoms with van der Waals surface area (Å²) in [7, 11) is 0. The largest absolute Gasteiger partial charge is 0.506 e. The van der Waals surface area contributed by atoms with Gasteiger partial charge in [-0.1, -0.05) is 0 Å². The summed E-state index contributed by atoms with van der Waals surface area (Å²) in [6, 6.07) is 0. The van der Waals surface area contributed by atoms with Crippen molar-refractivity contribution in [1.29, 1.82) is 0 Å². The van der Waals surface area contributed by atoms with Gasteiger partial charge in [0.2, 0.25) is 0 Å². The van der Waals surface area contributed by atoms with Crippen LogP contribution in [-0.4, -0.2) is 30.2 Å². The van der Waals surface area contributed by atoms with Crippen molar-refractivity contribution < 1.29 is 23.4 Å². The van der Waals surface area contributed by atoms with E-state index in [0.29, 0.717) is 0 Å². The summed E-state index contributed by atoms with van der Waals surface area (Å²) >= 11 is 0. The van der Waals surface area contributed by atoms with E-state index in [1.54, 1.807) is 0 Å². The van der Waals surface area contributed by atoms with Gasteiger partial charge in [0.15, 0.2) is 6.10 Å². The molecular formula is C5H8F2O3. The first-order chi connectivity index (χ1) is 4.57. The number of alkyl halides is 2. The van der Waals surface area contributed by atoms with E-state index in [0.717, 1.165) is 6.92 Å². The Hall–Kier alpha value is -0.870. The number of ether oxygens (including phenoxy) is 1. The highest BCUT2D eigenvalue weighted by atomic mass is 19.1. The SMILES string of the molecule is CC(F)C(CF)OC(=O)O. The predicted octanol–water partition coefficient (Wildman–Crippen LogP) is 1.38. The number of halogens is 2. The van der Waals surface area contributed by atoms with Crippen LogP contribution in [0.25, 0.3) is 0 Å². The highest BCUT2D eigenvalue weighted by Gasteiger charge is 2.20. The van der Waals surface area contributed by atoms with Gasteiger partial charge >= 0.3 is 6.16 Å². The number of hydrogen-bond acceptors (Lipinski definition) is 2. The molecule has 0 aromatic carbocycles. The van der Waals surface area contributed by atoms with Crippen LogP contribution in [0.2, 0.25) is 0 Å². The Bertz CT molecular complexity index is 115. The fourth-order valence-electron chi connectivity index (χ4n) is 0.378. The second kappa shape index (κ2) is 4.03. The topological polar surface area (TPSA) is 46.5 Å². The quantitative estimate of drug-likeness (QED) is 0.624. The molecule has 0 heterocycles. The molecule has 5 heteroatoms. The van der Waals surface area contributed by atoms with E-state index in [2.05, 4.69) is 4.74 Å². The summed E-state index contributed by atoms with van der Waals surface area (Å²) in [5.41, 5.74) is 0. The van der Waals surface area contributed by atoms with Crippen LogP contribution >= 0.6 is 0 Å². The van der Waals surface area contributed by atoms with Crippen molar-refractivity contribution >= 4 is 6.16 Å². The molecule has 0 spiro atoms. The van der Waals surface area contributed by atoms with Crippen LogP contribution in [0.3, 0.4) is 0 Å². The van der Waals surface area contributed by atoms with Gasteiger partial charge in [-0.3, -0.25) is 0 Å². The van der Waals surface area contributed by atoms with E-state index < -0.39 is 25.1 Å². The molecule has 60 valence electrons. The van der Waals surface area contributed by atoms with E-state index >= 15 is 0 Å². The lowest BCUT2D eigenvalue weighted by Gasteiger charge is -2.12. The molecule has 2 atom stereocenters. The normalized spacial score (nSPS) is 15.9. The lowest BCUT2D eigenvalue weighted by atomic mass is 10.3. The molecular weight excluding hydrogens is 146 g/mol. The number of carboxylic acid groups (broad SMARTS) is 1. The molecule has 2 unspecified atom stereocenters. The maximum Gasteiger partial charge on any atom is 0.506 e. The van der Waals surface area contributed by atoms with Crippen LogP contribution in [0.5, 0.6) is 0 Å². The van der Waals surface area contributed by atoms with Crippen molar-refractivity contribution in [3.8, 4) is 0 Å². The number of hydrogen-bond donors (Lipinski definition) is 1. The Balaban J connectivity index is 3.71. The summed E-state index contributed by atoms with van der Waals surface area (Å²) in [6.45, 7) is -0.100. The third-order valence-electron chi connectivity index (χ3n) is 0.917. The smallest absolute Gasteiger partial charge is 0.450 e. The lowest BCUT2D eigenvalue weighted by molar-refractivity contribution is 0.00602. The Kier molecular flexibility index (Phi) is 3.68. The second-order valence-electron chi connectivity index (χ2n) is 1.75. The number of carbonyl (C=O) groups is 1. The maximum absolute atomic E-state index is 12.1. The van der Waals surface area contributed by atoms with Gasteiger partial charge < -0.3 is 9.84 Å². The summed E-state index contributed by atoms with van der Waals surface area (Å²) in [6.07, 6.45) is -4.76. The molecule has 0 bridgehead atoms. The summed E-state index contributed by atoms with van der Waals surface area (Å²) < 4.78 is 27.6. The fourth-order valence-corrected chi connectivity index (χ4v) is 0.378. The Morgan fingerprint density at radius 3 is 2.40 bits per heavy atom. The van der Waals surface area contributed by atoms with Crippen molar-refractivity contribution in [3.05, 3.63) is 0 Å². The Labute approximate surface area is 56.6 Å². The zero-order chi connectivity index (χ0) is 8.15. The molecule has 0 aliphatic heterocycles. The molecule has 1 N–H and O–H groups in total. The fraction of sp³-hybridized carbons (Fsp3) is 0.800. The molecule has 0 aliphatic rings. The van der Waals surface area contributed by atoms with Gasteiger partial charge in [-0.2, -0.15) is 0 Å². The third-order valence-corrected chi connectivity index (χ3v) is 0.917. The van der Waals surface area contributed by atoms with Crippen LogP contribution in [0.4, 0.5) is 13.6 Å². The highest BCUT2D eigenvalue weighted by Crippen LogP contribution is 2.03. The van der Waals surface area contributed by atoms with E-state index in [9.17, 15) is 13.6 Å².